The first kappa shape index (κ1) is 14.1. The number of rotatable bonds is 6. The maximum Gasteiger partial charge on any atom is 0.274 e. The van der Waals surface area contributed by atoms with Gasteiger partial charge in [-0.1, -0.05) is 19.1 Å². The summed E-state index contributed by atoms with van der Waals surface area (Å²) < 4.78 is 7.20. The number of nitrogens with zero attached hydrogens (tertiary/aromatic N) is 2. The number of aryl methyl sites for hydroxylation is 1. The molecule has 1 aromatic heterocycles. The highest BCUT2D eigenvalue weighted by Crippen LogP contribution is 2.24. The number of anilines is 1. The standard InChI is InChI=1S/C15H19N3O2/c1-3-11-18-13(9-10-16-18)15(19)17-12-7-5-6-8-14(12)20-4-2/h5-10H,3-4,11H2,1-2H3,(H,17,19). The molecule has 2 rings (SSSR count). The Kier molecular flexibility index (Phi) is 4.76. The van der Waals surface area contributed by atoms with Crippen molar-refractivity contribution in [1.82, 2.24) is 9.78 Å². The zero-order valence-electron chi connectivity index (χ0n) is 11.8. The van der Waals surface area contributed by atoms with Crippen molar-refractivity contribution in [2.24, 2.45) is 0 Å². The molecule has 0 aliphatic rings. The van der Waals surface area contributed by atoms with Gasteiger partial charge >= 0.3 is 0 Å². The van der Waals surface area contributed by atoms with Crippen LogP contribution in [0, 0.1) is 0 Å². The number of ether oxygens (including phenoxy) is 1. The molecule has 1 amide bonds. The average Bonchev–Trinajstić information content (AvgIpc) is 2.90. The third-order valence-corrected chi connectivity index (χ3v) is 2.82. The maximum absolute atomic E-state index is 12.3. The van der Waals surface area contributed by atoms with E-state index < -0.39 is 0 Å². The lowest BCUT2D eigenvalue weighted by atomic mass is 10.2. The van der Waals surface area contributed by atoms with Gasteiger partial charge in [-0.25, -0.2) is 0 Å². The van der Waals surface area contributed by atoms with Crippen LogP contribution in [0.5, 0.6) is 5.75 Å². The van der Waals surface area contributed by atoms with Gasteiger partial charge in [-0.05, 0) is 31.5 Å². The molecule has 20 heavy (non-hydrogen) atoms. The molecule has 0 radical (unpaired) electrons. The van der Waals surface area contributed by atoms with E-state index in [9.17, 15) is 4.79 Å². The maximum atomic E-state index is 12.3. The van der Waals surface area contributed by atoms with E-state index in [2.05, 4.69) is 10.4 Å². The zero-order chi connectivity index (χ0) is 14.4. The summed E-state index contributed by atoms with van der Waals surface area (Å²) >= 11 is 0. The molecule has 0 aliphatic carbocycles. The first-order valence-electron chi connectivity index (χ1n) is 6.81. The molecule has 2 aromatic rings. The summed E-state index contributed by atoms with van der Waals surface area (Å²) in [5.41, 5.74) is 1.22. The highest BCUT2D eigenvalue weighted by atomic mass is 16.5. The fourth-order valence-corrected chi connectivity index (χ4v) is 1.95. The number of amides is 1. The van der Waals surface area contributed by atoms with E-state index in [1.54, 1.807) is 16.9 Å². The number of para-hydroxylation sites is 2. The molecule has 0 saturated carbocycles. The Balaban J connectivity index is 2.17. The molecule has 0 atom stereocenters. The third kappa shape index (κ3) is 3.17. The molecule has 106 valence electrons. The van der Waals surface area contributed by atoms with Crippen molar-refractivity contribution in [3.63, 3.8) is 0 Å². The second-order valence-electron chi connectivity index (χ2n) is 4.32. The number of hydrogen-bond acceptors (Lipinski definition) is 3. The number of benzene rings is 1. The van der Waals surface area contributed by atoms with E-state index in [0.29, 0.717) is 23.7 Å². The summed E-state index contributed by atoms with van der Waals surface area (Å²) in [5, 5.41) is 7.02. The summed E-state index contributed by atoms with van der Waals surface area (Å²) in [5.74, 6) is 0.494. The number of aromatic nitrogens is 2. The van der Waals surface area contributed by atoms with Crippen molar-refractivity contribution in [2.45, 2.75) is 26.8 Å². The number of nitrogens with one attached hydrogen (secondary N) is 1. The minimum absolute atomic E-state index is 0.178. The molecular formula is C15H19N3O2. The van der Waals surface area contributed by atoms with Gasteiger partial charge in [0, 0.05) is 12.7 Å². The van der Waals surface area contributed by atoms with Crippen LogP contribution in [-0.4, -0.2) is 22.3 Å². The molecule has 1 heterocycles. The van der Waals surface area contributed by atoms with Crippen molar-refractivity contribution in [3.05, 3.63) is 42.2 Å². The Morgan fingerprint density at radius 1 is 1.30 bits per heavy atom. The van der Waals surface area contributed by atoms with Gasteiger partial charge in [-0.15, -0.1) is 0 Å². The molecule has 0 spiro atoms. The summed E-state index contributed by atoms with van der Waals surface area (Å²) in [4.78, 5) is 12.3. The Bertz CT molecular complexity index is 578. The van der Waals surface area contributed by atoms with Gasteiger partial charge < -0.3 is 10.1 Å². The molecule has 0 bridgehead atoms. The monoisotopic (exact) mass is 273 g/mol. The predicted octanol–water partition coefficient (Wildman–Crippen LogP) is 2.94. The fraction of sp³-hybridized carbons (Fsp3) is 0.333. The summed E-state index contributed by atoms with van der Waals surface area (Å²) in [6, 6.07) is 9.11. The lowest BCUT2D eigenvalue weighted by Crippen LogP contribution is -2.18. The molecule has 0 unspecified atom stereocenters. The Hall–Kier alpha value is -2.30. The van der Waals surface area contributed by atoms with Crippen LogP contribution in [0.3, 0.4) is 0 Å². The van der Waals surface area contributed by atoms with Crippen molar-refractivity contribution in [1.29, 1.82) is 0 Å². The van der Waals surface area contributed by atoms with Crippen molar-refractivity contribution < 1.29 is 9.53 Å². The Labute approximate surface area is 118 Å². The van der Waals surface area contributed by atoms with E-state index in [4.69, 9.17) is 4.74 Å². The van der Waals surface area contributed by atoms with Crippen molar-refractivity contribution in [2.75, 3.05) is 11.9 Å². The summed E-state index contributed by atoms with van der Waals surface area (Å²) in [6.07, 6.45) is 2.57. The van der Waals surface area contributed by atoms with Crippen LogP contribution in [0.4, 0.5) is 5.69 Å². The van der Waals surface area contributed by atoms with Gasteiger partial charge in [0.2, 0.25) is 0 Å². The highest BCUT2D eigenvalue weighted by molar-refractivity contribution is 6.03. The van der Waals surface area contributed by atoms with Crippen molar-refractivity contribution in [3.8, 4) is 5.75 Å². The van der Waals surface area contributed by atoms with Gasteiger partial charge in [0.25, 0.3) is 5.91 Å². The van der Waals surface area contributed by atoms with Gasteiger partial charge in [-0.2, -0.15) is 5.10 Å². The largest absolute Gasteiger partial charge is 0.492 e. The second-order valence-corrected chi connectivity index (χ2v) is 4.32. The molecule has 1 aromatic carbocycles. The van der Waals surface area contributed by atoms with E-state index in [1.807, 2.05) is 38.1 Å². The molecule has 0 saturated heterocycles. The van der Waals surface area contributed by atoms with Crippen LogP contribution in [0.2, 0.25) is 0 Å². The predicted molar refractivity (Wildman–Crippen MR) is 78.1 cm³/mol. The molecule has 5 nitrogen and oxygen atoms in total. The first-order valence-corrected chi connectivity index (χ1v) is 6.81. The van der Waals surface area contributed by atoms with Crippen LogP contribution >= 0.6 is 0 Å². The fourth-order valence-electron chi connectivity index (χ4n) is 1.95. The van der Waals surface area contributed by atoms with Crippen LogP contribution in [0.1, 0.15) is 30.8 Å². The third-order valence-electron chi connectivity index (χ3n) is 2.82. The van der Waals surface area contributed by atoms with Crippen LogP contribution in [0.25, 0.3) is 0 Å². The highest BCUT2D eigenvalue weighted by Gasteiger charge is 2.13. The van der Waals surface area contributed by atoms with Crippen LogP contribution in [-0.2, 0) is 6.54 Å². The quantitative estimate of drug-likeness (QED) is 0.880. The zero-order valence-corrected chi connectivity index (χ0v) is 11.8. The van der Waals surface area contributed by atoms with Gasteiger partial charge in [0.05, 0.1) is 12.3 Å². The Morgan fingerprint density at radius 2 is 2.10 bits per heavy atom. The van der Waals surface area contributed by atoms with E-state index in [0.717, 1.165) is 13.0 Å². The van der Waals surface area contributed by atoms with E-state index in [-0.39, 0.29) is 5.91 Å². The summed E-state index contributed by atoms with van der Waals surface area (Å²) in [6.45, 7) is 5.24. The molecule has 0 fully saturated rings. The number of carbonyl (C=O) groups excluding carboxylic acids is 1. The van der Waals surface area contributed by atoms with E-state index in [1.165, 1.54) is 0 Å². The molecule has 0 aliphatic heterocycles. The van der Waals surface area contributed by atoms with Gasteiger partial charge in [0.1, 0.15) is 11.4 Å². The Morgan fingerprint density at radius 3 is 2.85 bits per heavy atom. The van der Waals surface area contributed by atoms with Gasteiger partial charge in [-0.3, -0.25) is 9.48 Å². The van der Waals surface area contributed by atoms with Gasteiger partial charge in [0.15, 0.2) is 0 Å². The van der Waals surface area contributed by atoms with E-state index >= 15 is 0 Å². The normalized spacial score (nSPS) is 10.3. The summed E-state index contributed by atoms with van der Waals surface area (Å²) in [7, 11) is 0. The molecule has 1 N–H and O–H groups in total. The molecule has 5 heteroatoms. The second kappa shape index (κ2) is 6.75. The van der Waals surface area contributed by atoms with Crippen molar-refractivity contribution >= 4 is 11.6 Å². The average molecular weight is 273 g/mol. The van der Waals surface area contributed by atoms with Crippen LogP contribution < -0.4 is 10.1 Å². The minimum atomic E-state index is -0.178. The minimum Gasteiger partial charge on any atom is -0.492 e. The lowest BCUT2D eigenvalue weighted by molar-refractivity contribution is 0.101. The first-order chi connectivity index (χ1) is 9.76. The number of carbonyl (C=O) groups is 1. The van der Waals surface area contributed by atoms with Crippen LogP contribution in [0.15, 0.2) is 36.5 Å². The lowest BCUT2D eigenvalue weighted by Gasteiger charge is -2.11. The SMILES string of the molecule is CCCn1nccc1C(=O)Nc1ccccc1OCC. The number of hydrogen-bond donors (Lipinski definition) is 1. The molecular weight excluding hydrogens is 254 g/mol. The topological polar surface area (TPSA) is 56.2 Å². The smallest absolute Gasteiger partial charge is 0.274 e.